The maximum absolute atomic E-state index is 13.3. The van der Waals surface area contributed by atoms with Gasteiger partial charge in [-0.1, -0.05) is 24.6 Å². The first kappa shape index (κ1) is 28.1. The number of hydrogen-bond acceptors (Lipinski definition) is 7. The third kappa shape index (κ3) is 6.10. The molecule has 3 heterocycles. The molecule has 42 heavy (non-hydrogen) atoms. The number of sulfonamides is 1. The van der Waals surface area contributed by atoms with Gasteiger partial charge < -0.3 is 9.64 Å². The Balaban J connectivity index is 1.07. The average molecular weight is 586 g/mol. The van der Waals surface area contributed by atoms with Crippen molar-refractivity contribution in [1.29, 1.82) is 0 Å². The first-order chi connectivity index (χ1) is 20.4. The lowest BCUT2D eigenvalue weighted by Gasteiger charge is -2.35. The Labute approximate surface area is 246 Å². The molecule has 4 aromatic rings. The fraction of sp³-hybridized carbons (Fsp3) is 0.344. The van der Waals surface area contributed by atoms with Crippen molar-refractivity contribution in [3.8, 4) is 5.75 Å². The predicted molar refractivity (Wildman–Crippen MR) is 162 cm³/mol. The highest BCUT2D eigenvalue weighted by Crippen LogP contribution is 2.29. The minimum Gasteiger partial charge on any atom is -0.493 e. The number of ether oxygens (including phenoxy) is 1. The summed E-state index contributed by atoms with van der Waals surface area (Å²) in [5.74, 6) is 1.51. The van der Waals surface area contributed by atoms with Crippen LogP contribution in [0.25, 0.3) is 10.9 Å². The topological polar surface area (TPSA) is 105 Å². The van der Waals surface area contributed by atoms with Gasteiger partial charge in [0, 0.05) is 67.8 Å². The molecular formula is C32H35N5O4S. The lowest BCUT2D eigenvalue weighted by Crippen LogP contribution is -2.48. The normalized spacial score (nSPS) is 16.3. The molecule has 2 aliphatic rings. The third-order valence-corrected chi connectivity index (χ3v) is 9.61. The number of pyridine rings is 2. The van der Waals surface area contributed by atoms with Crippen molar-refractivity contribution >= 4 is 32.5 Å². The minimum absolute atomic E-state index is 0.0590. The largest absolute Gasteiger partial charge is 0.493 e. The molecule has 0 radical (unpaired) electrons. The van der Waals surface area contributed by atoms with Crippen LogP contribution in [-0.2, 0) is 16.6 Å². The zero-order valence-electron chi connectivity index (χ0n) is 23.7. The Hall–Kier alpha value is -4.02. The number of rotatable bonds is 9. The second kappa shape index (κ2) is 12.1. The number of benzene rings is 2. The summed E-state index contributed by atoms with van der Waals surface area (Å²) in [7, 11) is -3.88. The Morgan fingerprint density at radius 3 is 2.60 bits per heavy atom. The molecule has 0 bridgehead atoms. The van der Waals surface area contributed by atoms with Crippen molar-refractivity contribution in [3.05, 3.63) is 89.9 Å². The summed E-state index contributed by atoms with van der Waals surface area (Å²) in [6.45, 7) is 6.01. The first-order valence-electron chi connectivity index (χ1n) is 14.4. The van der Waals surface area contributed by atoms with Gasteiger partial charge >= 0.3 is 0 Å². The number of carbonyl (C=O) groups excluding carboxylic acids is 1. The monoisotopic (exact) mass is 585 g/mol. The lowest BCUT2D eigenvalue weighted by atomic mass is 9.86. The Kier molecular flexibility index (Phi) is 8.08. The standard InChI is InChI=1S/C32H35N5O4S/c1-23-19-26(10-11-28(23)35-42(39,40)30-9-3-7-25-8-4-13-34-31(25)30)32(38)37-17-15-36(16-18-37)21-27-20-33-14-12-29(27)41-22-24-5-2-6-24/h3-4,7-14,19-20,24,35H,2,5-6,15-18,21-22H2,1H3. The zero-order chi connectivity index (χ0) is 29.1. The van der Waals surface area contributed by atoms with Gasteiger partial charge in [0.2, 0.25) is 0 Å². The number of fused-ring (bicyclic) bond motifs is 1. The van der Waals surface area contributed by atoms with E-state index in [1.54, 1.807) is 55.7 Å². The molecule has 9 nitrogen and oxygen atoms in total. The molecule has 10 heteroatoms. The molecule has 1 aliphatic carbocycles. The average Bonchev–Trinajstić information content (AvgIpc) is 2.98. The number of nitrogens with one attached hydrogen (secondary N) is 1. The van der Waals surface area contributed by atoms with E-state index in [0.717, 1.165) is 42.9 Å². The van der Waals surface area contributed by atoms with Crippen LogP contribution in [0.15, 0.2) is 78.1 Å². The van der Waals surface area contributed by atoms with Crippen LogP contribution in [0.3, 0.4) is 0 Å². The molecule has 1 aliphatic heterocycles. The number of nitrogens with zero attached hydrogens (tertiary/aromatic N) is 4. The molecule has 1 saturated heterocycles. The summed E-state index contributed by atoms with van der Waals surface area (Å²) in [6, 6.07) is 15.7. The van der Waals surface area contributed by atoms with Crippen molar-refractivity contribution in [2.75, 3.05) is 37.5 Å². The summed E-state index contributed by atoms with van der Waals surface area (Å²) in [5, 5.41) is 0.747. The van der Waals surface area contributed by atoms with Crippen molar-refractivity contribution in [2.24, 2.45) is 5.92 Å². The van der Waals surface area contributed by atoms with Gasteiger partial charge in [-0.2, -0.15) is 0 Å². The number of aryl methyl sites for hydroxylation is 1. The van der Waals surface area contributed by atoms with Gasteiger partial charge in [0.05, 0.1) is 17.8 Å². The maximum atomic E-state index is 13.3. The fourth-order valence-electron chi connectivity index (χ4n) is 5.48. The van der Waals surface area contributed by atoms with Crippen LogP contribution in [0, 0.1) is 12.8 Å². The summed E-state index contributed by atoms with van der Waals surface area (Å²) in [6.07, 6.45) is 9.02. The summed E-state index contributed by atoms with van der Waals surface area (Å²) < 4.78 is 35.3. The van der Waals surface area contributed by atoms with Crippen molar-refractivity contribution < 1.29 is 17.9 Å². The van der Waals surface area contributed by atoms with Gasteiger partial charge in [-0.25, -0.2) is 8.42 Å². The van der Waals surface area contributed by atoms with Crippen molar-refractivity contribution in [3.63, 3.8) is 0 Å². The van der Waals surface area contributed by atoms with Crippen LogP contribution in [-0.4, -0.2) is 66.9 Å². The molecular weight excluding hydrogens is 550 g/mol. The van der Waals surface area contributed by atoms with Gasteiger partial charge in [0.15, 0.2) is 0 Å². The van der Waals surface area contributed by atoms with E-state index in [0.29, 0.717) is 41.3 Å². The first-order valence-corrected chi connectivity index (χ1v) is 15.9. The number of amides is 1. The highest BCUT2D eigenvalue weighted by Gasteiger charge is 2.25. The predicted octanol–water partition coefficient (Wildman–Crippen LogP) is 4.88. The number of piperazine rings is 1. The Morgan fingerprint density at radius 2 is 1.83 bits per heavy atom. The molecule has 1 amide bonds. The summed E-state index contributed by atoms with van der Waals surface area (Å²) in [4.78, 5) is 26.2. The smallest absolute Gasteiger partial charge is 0.264 e. The molecule has 0 spiro atoms. The van der Waals surface area contributed by atoms with Crippen LogP contribution in [0.2, 0.25) is 0 Å². The number of anilines is 1. The molecule has 2 aromatic carbocycles. The quantitative estimate of drug-likeness (QED) is 0.299. The molecule has 2 aromatic heterocycles. The van der Waals surface area contributed by atoms with Crippen LogP contribution in [0.4, 0.5) is 5.69 Å². The highest BCUT2D eigenvalue weighted by atomic mass is 32.2. The van der Waals surface area contributed by atoms with Gasteiger partial charge in [-0.3, -0.25) is 24.4 Å². The van der Waals surface area contributed by atoms with Crippen LogP contribution >= 0.6 is 0 Å². The molecule has 1 saturated carbocycles. The Bertz CT molecular complexity index is 1690. The van der Waals surface area contributed by atoms with Gasteiger partial charge in [-0.15, -0.1) is 0 Å². The van der Waals surface area contributed by atoms with E-state index >= 15 is 0 Å². The molecule has 6 rings (SSSR count). The minimum atomic E-state index is -3.88. The SMILES string of the molecule is Cc1cc(C(=O)N2CCN(Cc3cnccc3OCC3CCC3)CC2)ccc1NS(=O)(=O)c1cccc2cccnc12. The van der Waals surface area contributed by atoms with Crippen LogP contribution < -0.4 is 9.46 Å². The van der Waals surface area contributed by atoms with Gasteiger partial charge in [0.1, 0.15) is 10.6 Å². The summed E-state index contributed by atoms with van der Waals surface area (Å²) >= 11 is 0. The molecule has 1 N–H and O–H groups in total. The van der Waals surface area contributed by atoms with E-state index in [9.17, 15) is 13.2 Å². The van der Waals surface area contributed by atoms with Crippen LogP contribution in [0.5, 0.6) is 5.75 Å². The van der Waals surface area contributed by atoms with Crippen LogP contribution in [0.1, 0.15) is 40.7 Å². The fourth-order valence-corrected chi connectivity index (χ4v) is 6.79. The third-order valence-electron chi connectivity index (χ3n) is 8.21. The van der Waals surface area contributed by atoms with Crippen molar-refractivity contribution in [1.82, 2.24) is 19.8 Å². The number of hydrogen-bond donors (Lipinski definition) is 1. The van der Waals surface area contributed by atoms with E-state index < -0.39 is 10.0 Å². The molecule has 2 fully saturated rings. The van der Waals surface area contributed by atoms with E-state index in [1.165, 1.54) is 19.3 Å². The number of carbonyl (C=O) groups is 1. The second-order valence-corrected chi connectivity index (χ2v) is 12.8. The molecule has 0 unspecified atom stereocenters. The van der Waals surface area contributed by atoms with E-state index in [1.807, 2.05) is 29.3 Å². The van der Waals surface area contributed by atoms with Gasteiger partial charge in [-0.05, 0) is 67.6 Å². The zero-order valence-corrected chi connectivity index (χ0v) is 24.5. The number of aromatic nitrogens is 2. The number of para-hydroxylation sites is 1. The van der Waals surface area contributed by atoms with Crippen molar-refractivity contribution in [2.45, 2.75) is 37.6 Å². The molecule has 218 valence electrons. The van der Waals surface area contributed by atoms with Gasteiger partial charge in [0.25, 0.3) is 15.9 Å². The highest BCUT2D eigenvalue weighted by molar-refractivity contribution is 7.93. The lowest BCUT2D eigenvalue weighted by molar-refractivity contribution is 0.0626. The van der Waals surface area contributed by atoms with E-state index in [2.05, 4.69) is 19.6 Å². The Morgan fingerprint density at radius 1 is 1.02 bits per heavy atom. The maximum Gasteiger partial charge on any atom is 0.264 e. The molecule has 0 atom stereocenters. The van der Waals surface area contributed by atoms with E-state index in [4.69, 9.17) is 4.74 Å². The second-order valence-electron chi connectivity index (χ2n) is 11.1. The van der Waals surface area contributed by atoms with E-state index in [-0.39, 0.29) is 10.8 Å². The summed E-state index contributed by atoms with van der Waals surface area (Å²) in [5.41, 5.74) is 3.12.